The highest BCUT2D eigenvalue weighted by atomic mass is 19.1. The van der Waals surface area contributed by atoms with Crippen LogP contribution in [0.2, 0.25) is 0 Å². The number of carboxylic acids is 1. The lowest BCUT2D eigenvalue weighted by molar-refractivity contribution is -0.137. The van der Waals surface area contributed by atoms with E-state index in [4.69, 9.17) is 10.2 Å². The number of aliphatic carboxylic acids is 1. The van der Waals surface area contributed by atoms with Gasteiger partial charge in [-0.05, 0) is 24.1 Å². The molecular weight excluding hydrogens is 203 g/mol. The monoisotopic (exact) mass is 214 g/mol. The molecule has 0 spiro atoms. The molecule has 0 aliphatic rings. The lowest BCUT2D eigenvalue weighted by Crippen LogP contribution is -2.02. The highest BCUT2D eigenvalue weighted by molar-refractivity contribution is 5.66. The standard InChI is InChI=1S/C10H11FO4/c11-7-5-6(1-2-9(7)13)8(12)3-4-10(14)15/h1-2,5,8,12-13H,3-4H2,(H,14,15). The van der Waals surface area contributed by atoms with Crippen LogP contribution in [0, 0.1) is 5.82 Å². The lowest BCUT2D eigenvalue weighted by Gasteiger charge is -2.09. The van der Waals surface area contributed by atoms with Gasteiger partial charge in [0.05, 0.1) is 6.10 Å². The van der Waals surface area contributed by atoms with Gasteiger partial charge in [-0.25, -0.2) is 4.39 Å². The van der Waals surface area contributed by atoms with Crippen LogP contribution in [0.3, 0.4) is 0 Å². The summed E-state index contributed by atoms with van der Waals surface area (Å²) in [5.41, 5.74) is 0.256. The van der Waals surface area contributed by atoms with Gasteiger partial charge in [-0.3, -0.25) is 4.79 Å². The second-order valence-corrected chi connectivity index (χ2v) is 3.16. The molecule has 0 aromatic heterocycles. The molecule has 0 aliphatic heterocycles. The molecule has 0 saturated heterocycles. The fraction of sp³-hybridized carbons (Fsp3) is 0.300. The maximum atomic E-state index is 12.9. The van der Waals surface area contributed by atoms with E-state index < -0.39 is 23.6 Å². The number of aromatic hydroxyl groups is 1. The van der Waals surface area contributed by atoms with Crippen molar-refractivity contribution in [3.05, 3.63) is 29.6 Å². The van der Waals surface area contributed by atoms with E-state index in [0.717, 1.165) is 12.1 Å². The molecule has 1 unspecified atom stereocenters. The van der Waals surface area contributed by atoms with E-state index in [1.807, 2.05) is 0 Å². The third-order valence-electron chi connectivity index (χ3n) is 1.99. The number of carboxylic acid groups (broad SMARTS) is 1. The Bertz CT molecular complexity index is 364. The Morgan fingerprint density at radius 2 is 2.13 bits per heavy atom. The number of phenols is 1. The zero-order valence-electron chi connectivity index (χ0n) is 7.85. The fourth-order valence-electron chi connectivity index (χ4n) is 1.16. The van der Waals surface area contributed by atoms with Crippen molar-refractivity contribution in [2.75, 3.05) is 0 Å². The second kappa shape index (κ2) is 4.75. The van der Waals surface area contributed by atoms with Crippen LogP contribution in [-0.4, -0.2) is 21.3 Å². The number of benzene rings is 1. The molecule has 0 amide bonds. The Kier molecular flexibility index (Phi) is 3.62. The van der Waals surface area contributed by atoms with Gasteiger partial charge in [0.15, 0.2) is 11.6 Å². The summed E-state index contributed by atoms with van der Waals surface area (Å²) in [6.45, 7) is 0. The van der Waals surface area contributed by atoms with E-state index in [1.54, 1.807) is 0 Å². The van der Waals surface area contributed by atoms with E-state index in [0.29, 0.717) is 0 Å². The molecule has 0 aliphatic carbocycles. The van der Waals surface area contributed by atoms with Crippen LogP contribution in [0.25, 0.3) is 0 Å². The molecule has 1 rings (SSSR count). The van der Waals surface area contributed by atoms with Crippen LogP contribution in [0.4, 0.5) is 4.39 Å². The Labute approximate surface area is 85.6 Å². The van der Waals surface area contributed by atoms with Gasteiger partial charge in [0.25, 0.3) is 0 Å². The molecule has 82 valence electrons. The topological polar surface area (TPSA) is 77.8 Å². The summed E-state index contributed by atoms with van der Waals surface area (Å²) >= 11 is 0. The highest BCUT2D eigenvalue weighted by Crippen LogP contribution is 2.23. The van der Waals surface area contributed by atoms with Crippen molar-refractivity contribution in [2.24, 2.45) is 0 Å². The maximum Gasteiger partial charge on any atom is 0.303 e. The second-order valence-electron chi connectivity index (χ2n) is 3.16. The van der Waals surface area contributed by atoms with Crippen LogP contribution in [-0.2, 0) is 4.79 Å². The molecule has 3 N–H and O–H groups in total. The van der Waals surface area contributed by atoms with Gasteiger partial charge in [-0.2, -0.15) is 0 Å². The average Bonchev–Trinajstić information content (AvgIpc) is 2.18. The summed E-state index contributed by atoms with van der Waals surface area (Å²) in [5, 5.41) is 26.7. The van der Waals surface area contributed by atoms with Crippen molar-refractivity contribution in [3.8, 4) is 5.75 Å². The Hall–Kier alpha value is -1.62. The van der Waals surface area contributed by atoms with E-state index >= 15 is 0 Å². The molecule has 15 heavy (non-hydrogen) atoms. The average molecular weight is 214 g/mol. The number of aliphatic hydroxyl groups is 1. The number of carbonyl (C=O) groups is 1. The molecular formula is C10H11FO4. The molecule has 0 bridgehead atoms. The molecule has 1 aromatic carbocycles. The Balaban J connectivity index is 2.69. The van der Waals surface area contributed by atoms with Crippen LogP contribution >= 0.6 is 0 Å². The van der Waals surface area contributed by atoms with Crippen molar-refractivity contribution in [3.63, 3.8) is 0 Å². The summed E-state index contributed by atoms with van der Waals surface area (Å²) < 4.78 is 12.9. The van der Waals surface area contributed by atoms with Gasteiger partial charge in [-0.1, -0.05) is 6.07 Å². The Morgan fingerprint density at radius 3 is 2.67 bits per heavy atom. The number of aliphatic hydroxyl groups excluding tert-OH is 1. The van der Waals surface area contributed by atoms with Gasteiger partial charge in [0.2, 0.25) is 0 Å². The summed E-state index contributed by atoms with van der Waals surface area (Å²) in [5.74, 6) is -2.35. The lowest BCUT2D eigenvalue weighted by atomic mass is 10.0. The van der Waals surface area contributed by atoms with Crippen molar-refractivity contribution in [1.29, 1.82) is 0 Å². The van der Waals surface area contributed by atoms with Crippen molar-refractivity contribution in [1.82, 2.24) is 0 Å². The Morgan fingerprint density at radius 1 is 1.47 bits per heavy atom. The quantitative estimate of drug-likeness (QED) is 0.708. The van der Waals surface area contributed by atoms with E-state index in [1.165, 1.54) is 6.07 Å². The molecule has 0 fully saturated rings. The first-order valence-electron chi connectivity index (χ1n) is 4.39. The zero-order valence-corrected chi connectivity index (χ0v) is 7.85. The fourth-order valence-corrected chi connectivity index (χ4v) is 1.16. The number of hydrogen-bond acceptors (Lipinski definition) is 3. The zero-order chi connectivity index (χ0) is 11.4. The summed E-state index contributed by atoms with van der Waals surface area (Å²) in [6, 6.07) is 3.46. The number of rotatable bonds is 4. The van der Waals surface area contributed by atoms with Crippen LogP contribution in [0.15, 0.2) is 18.2 Å². The molecule has 0 saturated carbocycles. The van der Waals surface area contributed by atoms with E-state index in [2.05, 4.69) is 0 Å². The third-order valence-corrected chi connectivity index (χ3v) is 1.99. The van der Waals surface area contributed by atoms with Crippen LogP contribution < -0.4 is 0 Å². The minimum atomic E-state index is -1.03. The number of hydrogen-bond donors (Lipinski definition) is 3. The van der Waals surface area contributed by atoms with Gasteiger partial charge >= 0.3 is 5.97 Å². The van der Waals surface area contributed by atoms with Gasteiger partial charge < -0.3 is 15.3 Å². The number of phenolic OH excluding ortho intramolecular Hbond substituents is 1. The normalized spacial score (nSPS) is 12.4. The predicted octanol–water partition coefficient (Wildman–Crippen LogP) is 1.43. The SMILES string of the molecule is O=C(O)CCC(O)c1ccc(O)c(F)c1. The minimum absolute atomic E-state index is 0.0134. The molecule has 1 aromatic rings. The predicted molar refractivity (Wildman–Crippen MR) is 49.9 cm³/mol. The number of halogens is 1. The molecule has 0 radical (unpaired) electrons. The van der Waals surface area contributed by atoms with Crippen molar-refractivity contribution >= 4 is 5.97 Å². The summed E-state index contributed by atoms with van der Waals surface area (Å²) in [4.78, 5) is 10.2. The third kappa shape index (κ3) is 3.21. The van der Waals surface area contributed by atoms with Gasteiger partial charge in [0, 0.05) is 6.42 Å². The van der Waals surface area contributed by atoms with E-state index in [-0.39, 0.29) is 18.4 Å². The molecule has 0 heterocycles. The van der Waals surface area contributed by atoms with Gasteiger partial charge in [0.1, 0.15) is 0 Å². The molecule has 5 heteroatoms. The van der Waals surface area contributed by atoms with Crippen LogP contribution in [0.5, 0.6) is 5.75 Å². The largest absolute Gasteiger partial charge is 0.505 e. The van der Waals surface area contributed by atoms with Crippen LogP contribution in [0.1, 0.15) is 24.5 Å². The van der Waals surface area contributed by atoms with Gasteiger partial charge in [-0.15, -0.1) is 0 Å². The van der Waals surface area contributed by atoms with Crippen molar-refractivity contribution < 1.29 is 24.5 Å². The van der Waals surface area contributed by atoms with Crippen molar-refractivity contribution in [2.45, 2.75) is 18.9 Å². The first-order valence-corrected chi connectivity index (χ1v) is 4.39. The highest BCUT2D eigenvalue weighted by Gasteiger charge is 2.11. The summed E-state index contributed by atoms with van der Waals surface area (Å²) in [6.07, 6.45) is -1.21. The smallest absolute Gasteiger partial charge is 0.303 e. The maximum absolute atomic E-state index is 12.9. The van der Waals surface area contributed by atoms with E-state index in [9.17, 15) is 14.3 Å². The first kappa shape index (κ1) is 11.5. The first-order chi connectivity index (χ1) is 7.00. The molecule has 1 atom stereocenters. The molecule has 4 nitrogen and oxygen atoms in total. The summed E-state index contributed by atoms with van der Waals surface area (Å²) in [7, 11) is 0. The minimum Gasteiger partial charge on any atom is -0.505 e.